The molecular weight excluding hydrogens is 477 g/mol. The van der Waals surface area contributed by atoms with E-state index in [0.29, 0.717) is 16.8 Å². The highest BCUT2D eigenvalue weighted by Crippen LogP contribution is 2.34. The third kappa shape index (κ3) is 5.49. The lowest BCUT2D eigenvalue weighted by Crippen LogP contribution is -2.15. The number of aryl methyl sites for hydroxylation is 1. The third-order valence-electron chi connectivity index (χ3n) is 4.77. The number of aliphatic carboxylic acids is 1. The molecule has 0 fully saturated rings. The number of hydrogen-bond donors (Lipinski definition) is 3. The molecule has 3 rings (SSSR count). The lowest BCUT2D eigenvalue weighted by atomic mass is 10.1. The number of halogens is 2. The van der Waals surface area contributed by atoms with Gasteiger partial charge >= 0.3 is 5.97 Å². The van der Waals surface area contributed by atoms with Crippen molar-refractivity contribution in [1.29, 1.82) is 0 Å². The standard InChI is InChI=1S/C21H20FN3O6S.ClH/c1-11-7-13(32(29,30)6-5-18(26)27)9-14-19(11)24-10-15(21(23)28)20(14)25-12-3-4-16(22)17(8-12)31-2;/h3-4,7-10H,5-6H2,1-2H3,(H2,23,28)(H,24,25)(H,26,27);1H. The number of benzene rings is 2. The van der Waals surface area contributed by atoms with E-state index in [-0.39, 0.29) is 39.7 Å². The Morgan fingerprint density at radius 1 is 1.24 bits per heavy atom. The number of nitrogens with two attached hydrogens (primary N) is 1. The first kappa shape index (κ1) is 25.8. The summed E-state index contributed by atoms with van der Waals surface area (Å²) >= 11 is 0. The Morgan fingerprint density at radius 2 is 1.94 bits per heavy atom. The molecule has 0 saturated heterocycles. The van der Waals surface area contributed by atoms with Gasteiger partial charge in [-0.2, -0.15) is 0 Å². The minimum absolute atomic E-state index is 0. The summed E-state index contributed by atoms with van der Waals surface area (Å²) in [5.41, 5.74) is 6.91. The number of sulfone groups is 1. The number of nitrogens with zero attached hydrogens (tertiary/aromatic N) is 1. The fourth-order valence-corrected chi connectivity index (χ4v) is 4.50. The largest absolute Gasteiger partial charge is 0.494 e. The number of carbonyl (C=O) groups excluding carboxylic acids is 1. The van der Waals surface area contributed by atoms with E-state index in [0.717, 1.165) is 0 Å². The van der Waals surface area contributed by atoms with Gasteiger partial charge in [0.15, 0.2) is 21.4 Å². The maximum Gasteiger partial charge on any atom is 0.304 e. The zero-order valence-corrected chi connectivity index (χ0v) is 19.2. The highest BCUT2D eigenvalue weighted by Gasteiger charge is 2.21. The maximum atomic E-state index is 13.8. The van der Waals surface area contributed by atoms with Crippen molar-refractivity contribution in [3.63, 3.8) is 0 Å². The zero-order chi connectivity index (χ0) is 23.6. The number of amides is 1. The second-order valence-corrected chi connectivity index (χ2v) is 9.09. The molecular formula is C21H21ClFN3O6S. The SMILES string of the molecule is COc1cc(Nc2c(C(N)=O)cnc3c(C)cc(S(=O)(=O)CCC(=O)O)cc23)ccc1F.Cl. The molecule has 0 radical (unpaired) electrons. The molecule has 33 heavy (non-hydrogen) atoms. The highest BCUT2D eigenvalue weighted by molar-refractivity contribution is 7.91. The smallest absolute Gasteiger partial charge is 0.304 e. The summed E-state index contributed by atoms with van der Waals surface area (Å²) in [4.78, 5) is 27.0. The average Bonchev–Trinajstić information content (AvgIpc) is 2.73. The van der Waals surface area contributed by atoms with Crippen LogP contribution in [0.5, 0.6) is 5.75 Å². The van der Waals surface area contributed by atoms with Crippen molar-refractivity contribution in [2.24, 2.45) is 5.73 Å². The fraction of sp³-hybridized carbons (Fsp3) is 0.190. The lowest BCUT2D eigenvalue weighted by molar-refractivity contribution is -0.136. The van der Waals surface area contributed by atoms with E-state index in [1.807, 2.05) is 0 Å². The van der Waals surface area contributed by atoms with Gasteiger partial charge in [-0.25, -0.2) is 12.8 Å². The van der Waals surface area contributed by atoms with Crippen LogP contribution in [-0.4, -0.2) is 43.2 Å². The van der Waals surface area contributed by atoms with E-state index < -0.39 is 39.7 Å². The number of hydrogen-bond acceptors (Lipinski definition) is 7. The summed E-state index contributed by atoms with van der Waals surface area (Å²) in [6.45, 7) is 1.64. The van der Waals surface area contributed by atoms with Crippen LogP contribution in [0.1, 0.15) is 22.3 Å². The fourth-order valence-electron chi connectivity index (χ4n) is 3.17. The first-order valence-corrected chi connectivity index (χ1v) is 11.0. The molecule has 176 valence electrons. The highest BCUT2D eigenvalue weighted by atomic mass is 35.5. The summed E-state index contributed by atoms with van der Waals surface area (Å²) in [6.07, 6.45) is 0.707. The van der Waals surface area contributed by atoms with Crippen molar-refractivity contribution in [3.05, 3.63) is 53.5 Å². The number of ether oxygens (including phenoxy) is 1. The van der Waals surface area contributed by atoms with E-state index in [1.54, 1.807) is 6.92 Å². The number of carboxylic acids is 1. The Morgan fingerprint density at radius 3 is 2.55 bits per heavy atom. The van der Waals surface area contributed by atoms with Crippen LogP contribution >= 0.6 is 12.4 Å². The number of carbonyl (C=O) groups is 2. The Kier molecular flexibility index (Phi) is 7.83. The normalized spacial score (nSPS) is 11.0. The summed E-state index contributed by atoms with van der Waals surface area (Å²) in [7, 11) is -2.63. The first-order valence-electron chi connectivity index (χ1n) is 9.31. The van der Waals surface area contributed by atoms with Gasteiger partial charge in [0.2, 0.25) is 0 Å². The molecule has 0 aliphatic heterocycles. The van der Waals surface area contributed by atoms with E-state index in [2.05, 4.69) is 10.3 Å². The molecule has 0 unspecified atom stereocenters. The van der Waals surface area contributed by atoms with Crippen LogP contribution < -0.4 is 15.8 Å². The minimum Gasteiger partial charge on any atom is -0.494 e. The summed E-state index contributed by atoms with van der Waals surface area (Å²) < 4.78 is 44.1. The van der Waals surface area contributed by atoms with E-state index in [9.17, 15) is 22.4 Å². The average molecular weight is 498 g/mol. The van der Waals surface area contributed by atoms with Crippen LogP contribution in [0.25, 0.3) is 10.9 Å². The topological polar surface area (TPSA) is 149 Å². The Bertz CT molecular complexity index is 1350. The molecule has 1 amide bonds. The van der Waals surface area contributed by atoms with Crippen molar-refractivity contribution >= 4 is 56.4 Å². The number of carboxylic acid groups (broad SMARTS) is 1. The molecule has 0 aliphatic rings. The molecule has 4 N–H and O–H groups in total. The molecule has 0 saturated carbocycles. The van der Waals surface area contributed by atoms with Crippen LogP contribution in [0.4, 0.5) is 15.8 Å². The van der Waals surface area contributed by atoms with Crippen LogP contribution in [-0.2, 0) is 14.6 Å². The van der Waals surface area contributed by atoms with Gasteiger partial charge in [0.25, 0.3) is 5.91 Å². The van der Waals surface area contributed by atoms with Gasteiger partial charge in [-0.1, -0.05) is 0 Å². The third-order valence-corrected chi connectivity index (χ3v) is 6.46. The van der Waals surface area contributed by atoms with Gasteiger partial charge in [-0.15, -0.1) is 12.4 Å². The molecule has 0 aliphatic carbocycles. The van der Waals surface area contributed by atoms with Gasteiger partial charge in [0, 0.05) is 23.3 Å². The van der Waals surface area contributed by atoms with Crippen molar-refractivity contribution in [2.75, 3.05) is 18.2 Å². The van der Waals surface area contributed by atoms with Gasteiger partial charge in [-0.05, 0) is 36.8 Å². The van der Waals surface area contributed by atoms with Crippen LogP contribution in [0, 0.1) is 12.7 Å². The Hall–Kier alpha value is -3.44. The quantitative estimate of drug-likeness (QED) is 0.429. The summed E-state index contributed by atoms with van der Waals surface area (Å²) in [6, 6.07) is 6.65. The number of pyridine rings is 1. The number of anilines is 2. The Balaban J connectivity index is 0.00000385. The van der Waals surface area contributed by atoms with Crippen molar-refractivity contribution < 1.29 is 32.2 Å². The second kappa shape index (κ2) is 10.0. The zero-order valence-electron chi connectivity index (χ0n) is 17.6. The van der Waals surface area contributed by atoms with Crippen LogP contribution in [0.2, 0.25) is 0 Å². The number of aromatic nitrogens is 1. The molecule has 0 atom stereocenters. The molecule has 2 aromatic carbocycles. The maximum absolute atomic E-state index is 13.8. The van der Waals surface area contributed by atoms with Crippen molar-refractivity contribution in [2.45, 2.75) is 18.2 Å². The number of fused-ring (bicyclic) bond motifs is 1. The molecule has 12 heteroatoms. The van der Waals surface area contributed by atoms with Gasteiger partial charge in [0.1, 0.15) is 0 Å². The predicted octanol–water partition coefficient (Wildman–Crippen LogP) is 3.20. The monoisotopic (exact) mass is 497 g/mol. The van der Waals surface area contributed by atoms with Gasteiger partial charge in [0.05, 0.1) is 40.9 Å². The Labute approximate surface area is 195 Å². The van der Waals surface area contributed by atoms with E-state index in [4.69, 9.17) is 15.6 Å². The number of rotatable bonds is 8. The number of primary amides is 1. The predicted molar refractivity (Wildman–Crippen MR) is 123 cm³/mol. The lowest BCUT2D eigenvalue weighted by Gasteiger charge is -2.16. The molecule has 9 nitrogen and oxygen atoms in total. The summed E-state index contributed by atoms with van der Waals surface area (Å²) in [5.74, 6) is -3.27. The van der Waals surface area contributed by atoms with Gasteiger partial charge < -0.3 is 20.9 Å². The van der Waals surface area contributed by atoms with Gasteiger partial charge in [-0.3, -0.25) is 14.6 Å². The molecule has 0 bridgehead atoms. The van der Waals surface area contributed by atoms with Crippen LogP contribution in [0.3, 0.4) is 0 Å². The minimum atomic E-state index is -3.93. The van der Waals surface area contributed by atoms with E-state index in [1.165, 1.54) is 43.6 Å². The van der Waals surface area contributed by atoms with Crippen molar-refractivity contribution in [1.82, 2.24) is 4.98 Å². The molecule has 1 heterocycles. The van der Waals surface area contributed by atoms with Crippen molar-refractivity contribution in [3.8, 4) is 5.75 Å². The summed E-state index contributed by atoms with van der Waals surface area (Å²) in [5, 5.41) is 12.1. The van der Waals surface area contributed by atoms with Crippen LogP contribution in [0.15, 0.2) is 41.4 Å². The number of nitrogens with one attached hydrogen (secondary N) is 1. The molecule has 1 aromatic heterocycles. The number of methoxy groups -OCH3 is 1. The molecule has 0 spiro atoms. The second-order valence-electron chi connectivity index (χ2n) is 6.98. The first-order chi connectivity index (χ1) is 15.0. The molecule has 3 aromatic rings. The van der Waals surface area contributed by atoms with E-state index >= 15 is 0 Å².